The molecule has 3 aromatic carbocycles. The Morgan fingerprint density at radius 3 is 2.09 bits per heavy atom. The van der Waals surface area contributed by atoms with Gasteiger partial charge in [0.2, 0.25) is 5.91 Å². The molecule has 0 radical (unpaired) electrons. The minimum Gasteiger partial charge on any atom is -0.275 e. The molecule has 0 bridgehead atoms. The van der Waals surface area contributed by atoms with Crippen LogP contribution in [0.25, 0.3) is 0 Å². The van der Waals surface area contributed by atoms with Crippen molar-refractivity contribution in [3.63, 3.8) is 0 Å². The minimum atomic E-state index is -0.952. The molecule has 8 nitrogen and oxygen atoms in total. The lowest BCUT2D eigenvalue weighted by atomic mass is 9.90. The number of nitrogens with zero attached hydrogens (tertiary/aromatic N) is 3. The van der Waals surface area contributed by atoms with E-state index < -0.39 is 23.0 Å². The summed E-state index contributed by atoms with van der Waals surface area (Å²) >= 11 is 0. The molecule has 2 amide bonds. The molecule has 0 aromatic heterocycles. The first kappa shape index (κ1) is 19.9. The summed E-state index contributed by atoms with van der Waals surface area (Å²) in [7, 11) is 0. The van der Waals surface area contributed by atoms with Crippen LogP contribution < -0.4 is 5.06 Å². The molecule has 0 unspecified atom stereocenters. The highest BCUT2D eigenvalue weighted by molar-refractivity contribution is 6.07. The molecular weight excluding hydrogens is 410 g/mol. The van der Waals surface area contributed by atoms with Gasteiger partial charge in [-0.2, -0.15) is 0 Å². The van der Waals surface area contributed by atoms with Crippen LogP contribution in [0.3, 0.4) is 0 Å². The van der Waals surface area contributed by atoms with E-state index in [9.17, 15) is 19.7 Å². The summed E-state index contributed by atoms with van der Waals surface area (Å²) in [5, 5.41) is 12.7. The lowest BCUT2D eigenvalue weighted by Crippen LogP contribution is -2.36. The van der Waals surface area contributed by atoms with Crippen molar-refractivity contribution in [2.75, 3.05) is 5.06 Å². The zero-order valence-corrected chi connectivity index (χ0v) is 16.9. The zero-order valence-electron chi connectivity index (χ0n) is 16.9. The van der Waals surface area contributed by atoms with E-state index in [-0.39, 0.29) is 24.0 Å². The molecule has 2 fully saturated rings. The number of fused-ring (bicyclic) bond motifs is 1. The molecule has 2 aliphatic heterocycles. The van der Waals surface area contributed by atoms with Gasteiger partial charge >= 0.3 is 0 Å². The number of nitro groups is 1. The van der Waals surface area contributed by atoms with Crippen molar-refractivity contribution < 1.29 is 19.3 Å². The maximum Gasteiger partial charge on any atom is 0.269 e. The molecule has 32 heavy (non-hydrogen) atoms. The lowest BCUT2D eigenvalue weighted by Gasteiger charge is -2.28. The largest absolute Gasteiger partial charge is 0.275 e. The first-order valence-corrected chi connectivity index (χ1v) is 10.2. The number of benzene rings is 3. The van der Waals surface area contributed by atoms with Gasteiger partial charge in [0.05, 0.1) is 23.2 Å². The summed E-state index contributed by atoms with van der Waals surface area (Å²) in [6.45, 7) is 0.174. The Hall–Kier alpha value is -4.04. The Kier molecular flexibility index (Phi) is 4.91. The molecule has 0 spiro atoms. The Morgan fingerprint density at radius 1 is 0.844 bits per heavy atom. The molecule has 160 valence electrons. The second-order valence-electron chi connectivity index (χ2n) is 7.75. The van der Waals surface area contributed by atoms with Crippen LogP contribution >= 0.6 is 0 Å². The fourth-order valence-corrected chi connectivity index (χ4v) is 4.32. The summed E-state index contributed by atoms with van der Waals surface area (Å²) < 4.78 is 0. The zero-order chi connectivity index (χ0) is 22.2. The molecular formula is C24H19N3O5. The fourth-order valence-electron chi connectivity index (χ4n) is 4.32. The van der Waals surface area contributed by atoms with Gasteiger partial charge in [-0.05, 0) is 23.3 Å². The number of rotatable bonds is 5. The number of imide groups is 1. The van der Waals surface area contributed by atoms with Crippen molar-refractivity contribution in [2.24, 2.45) is 5.92 Å². The second-order valence-corrected chi connectivity index (χ2v) is 7.75. The SMILES string of the molecule is O=C1[C@@H]2[C@H](ON(c3ccccc3)[C@@H]2c2ccc([N+](=O)[O-])cc2)C(=O)N1Cc1ccccc1. The molecule has 3 atom stereocenters. The van der Waals surface area contributed by atoms with Crippen molar-refractivity contribution in [1.82, 2.24) is 4.90 Å². The molecule has 0 saturated carbocycles. The van der Waals surface area contributed by atoms with Crippen molar-refractivity contribution >= 4 is 23.2 Å². The van der Waals surface area contributed by atoms with Crippen molar-refractivity contribution in [1.29, 1.82) is 0 Å². The molecule has 2 saturated heterocycles. The lowest BCUT2D eigenvalue weighted by molar-refractivity contribution is -0.384. The van der Waals surface area contributed by atoms with E-state index in [1.54, 1.807) is 17.2 Å². The van der Waals surface area contributed by atoms with Gasteiger partial charge in [-0.25, -0.2) is 5.06 Å². The molecule has 0 aliphatic carbocycles. The number of para-hydroxylation sites is 1. The number of amides is 2. The predicted octanol–water partition coefficient (Wildman–Crippen LogP) is 3.64. The number of likely N-dealkylation sites (tertiary alicyclic amines) is 1. The highest BCUT2D eigenvalue weighted by atomic mass is 16.7. The fraction of sp³-hybridized carbons (Fsp3) is 0.167. The van der Waals surface area contributed by atoms with Crippen LogP contribution in [0, 0.1) is 16.0 Å². The average molecular weight is 429 g/mol. The Labute approximate surface area is 183 Å². The van der Waals surface area contributed by atoms with E-state index in [1.165, 1.54) is 17.0 Å². The number of hydrogen-bond donors (Lipinski definition) is 0. The first-order chi connectivity index (χ1) is 15.5. The minimum absolute atomic E-state index is 0.0463. The third-order valence-electron chi connectivity index (χ3n) is 5.85. The molecule has 2 aliphatic rings. The van der Waals surface area contributed by atoms with Crippen LogP contribution in [0.15, 0.2) is 84.9 Å². The van der Waals surface area contributed by atoms with Crippen LogP contribution in [-0.2, 0) is 21.0 Å². The van der Waals surface area contributed by atoms with Crippen molar-refractivity contribution in [3.8, 4) is 0 Å². The van der Waals surface area contributed by atoms with Crippen LogP contribution in [0.2, 0.25) is 0 Å². The third kappa shape index (κ3) is 3.30. The van der Waals surface area contributed by atoms with E-state index >= 15 is 0 Å². The molecule has 2 heterocycles. The Bertz CT molecular complexity index is 1170. The quantitative estimate of drug-likeness (QED) is 0.349. The Balaban J connectivity index is 1.52. The van der Waals surface area contributed by atoms with Gasteiger partial charge in [0.1, 0.15) is 5.92 Å². The highest BCUT2D eigenvalue weighted by Crippen LogP contribution is 2.47. The average Bonchev–Trinajstić information content (AvgIpc) is 3.32. The summed E-state index contributed by atoms with van der Waals surface area (Å²) in [6.07, 6.45) is -0.952. The summed E-state index contributed by atoms with van der Waals surface area (Å²) in [5.74, 6) is -1.45. The monoisotopic (exact) mass is 429 g/mol. The number of anilines is 1. The topological polar surface area (TPSA) is 93.0 Å². The van der Waals surface area contributed by atoms with Gasteiger partial charge in [0.25, 0.3) is 11.6 Å². The summed E-state index contributed by atoms with van der Waals surface area (Å²) in [6, 6.07) is 23.9. The number of hydroxylamine groups is 1. The number of nitro benzene ring substituents is 1. The van der Waals surface area contributed by atoms with E-state index in [2.05, 4.69) is 0 Å². The first-order valence-electron chi connectivity index (χ1n) is 10.2. The van der Waals surface area contributed by atoms with E-state index in [0.29, 0.717) is 11.3 Å². The molecule has 8 heteroatoms. The normalized spacial score (nSPS) is 22.3. The Morgan fingerprint density at radius 2 is 1.47 bits per heavy atom. The number of non-ortho nitro benzene ring substituents is 1. The second kappa shape index (κ2) is 7.90. The van der Waals surface area contributed by atoms with E-state index in [4.69, 9.17) is 4.84 Å². The van der Waals surface area contributed by atoms with Crippen molar-refractivity contribution in [2.45, 2.75) is 18.7 Å². The summed E-state index contributed by atoms with van der Waals surface area (Å²) in [5.41, 5.74) is 2.16. The van der Waals surface area contributed by atoms with Gasteiger partial charge in [0.15, 0.2) is 6.10 Å². The molecule has 5 rings (SSSR count). The third-order valence-corrected chi connectivity index (χ3v) is 5.85. The maximum absolute atomic E-state index is 13.4. The van der Waals surface area contributed by atoms with Crippen LogP contribution in [0.1, 0.15) is 17.2 Å². The maximum atomic E-state index is 13.4. The summed E-state index contributed by atoms with van der Waals surface area (Å²) in [4.78, 5) is 44.5. The van der Waals surface area contributed by atoms with E-state index in [1.807, 2.05) is 60.7 Å². The number of hydrogen-bond acceptors (Lipinski definition) is 6. The number of carbonyl (C=O) groups excluding carboxylic acids is 2. The predicted molar refractivity (Wildman–Crippen MR) is 115 cm³/mol. The van der Waals surface area contributed by atoms with Gasteiger partial charge in [-0.15, -0.1) is 0 Å². The molecule has 3 aromatic rings. The van der Waals surface area contributed by atoms with Crippen molar-refractivity contribution in [3.05, 3.63) is 106 Å². The van der Waals surface area contributed by atoms with E-state index in [0.717, 1.165) is 5.56 Å². The smallest absolute Gasteiger partial charge is 0.269 e. The molecule has 0 N–H and O–H groups in total. The van der Waals surface area contributed by atoms with Crippen LogP contribution in [-0.4, -0.2) is 27.7 Å². The standard InChI is InChI=1S/C24H19N3O5/c28-23-20-21(17-11-13-19(14-12-17)27(30)31)26(18-9-5-2-6-10-18)32-22(20)24(29)25(23)15-16-7-3-1-4-8-16/h1-14,20-22H,15H2/t20-,21+,22-/m0/s1. The van der Waals surface area contributed by atoms with Gasteiger partial charge in [-0.1, -0.05) is 60.7 Å². The van der Waals surface area contributed by atoms with Gasteiger partial charge < -0.3 is 0 Å². The van der Waals surface area contributed by atoms with Gasteiger partial charge in [-0.3, -0.25) is 29.4 Å². The highest BCUT2D eigenvalue weighted by Gasteiger charge is 2.59. The van der Waals surface area contributed by atoms with Gasteiger partial charge in [0, 0.05) is 12.1 Å². The van der Waals surface area contributed by atoms with Crippen LogP contribution in [0.4, 0.5) is 11.4 Å². The van der Waals surface area contributed by atoms with Crippen LogP contribution in [0.5, 0.6) is 0 Å². The number of carbonyl (C=O) groups is 2.